The van der Waals surface area contributed by atoms with Crippen LogP contribution in [0.3, 0.4) is 0 Å². The van der Waals surface area contributed by atoms with Crippen molar-refractivity contribution >= 4 is 28.6 Å². The van der Waals surface area contributed by atoms with Crippen LogP contribution >= 0.6 is 22.7 Å². The van der Waals surface area contributed by atoms with Crippen molar-refractivity contribution in [3.05, 3.63) is 80.2 Å². The maximum Gasteiger partial charge on any atom is 0.255 e. The van der Waals surface area contributed by atoms with Crippen molar-refractivity contribution in [2.45, 2.75) is 33.9 Å². The normalized spacial score (nSPS) is 11.0. The lowest BCUT2D eigenvalue weighted by Crippen LogP contribution is -2.23. The number of nitrogens with zero attached hydrogens (tertiary/aromatic N) is 3. The summed E-state index contributed by atoms with van der Waals surface area (Å²) >= 11 is 3.31. The summed E-state index contributed by atoms with van der Waals surface area (Å²) in [5.41, 5.74) is 4.46. The van der Waals surface area contributed by atoms with Crippen LogP contribution in [0.2, 0.25) is 0 Å². The van der Waals surface area contributed by atoms with Crippen molar-refractivity contribution in [3.8, 4) is 10.6 Å². The van der Waals surface area contributed by atoms with Crippen LogP contribution in [0.4, 0.5) is 0 Å². The maximum absolute atomic E-state index is 12.8. The molecule has 4 aromatic rings. The van der Waals surface area contributed by atoms with Crippen LogP contribution in [0.1, 0.15) is 37.2 Å². The van der Waals surface area contributed by atoms with E-state index < -0.39 is 0 Å². The Hall–Kier alpha value is -2.77. The molecule has 4 rings (SSSR count). The molecule has 0 bridgehead atoms. The molecule has 3 aromatic heterocycles. The Kier molecular flexibility index (Phi) is 5.60. The number of hydrogen-bond donors (Lipinski definition) is 1. The van der Waals surface area contributed by atoms with Gasteiger partial charge in [-0.15, -0.1) is 22.7 Å². The van der Waals surface area contributed by atoms with E-state index in [0.29, 0.717) is 18.7 Å². The van der Waals surface area contributed by atoms with Gasteiger partial charge in [-0.2, -0.15) is 5.10 Å². The molecule has 1 amide bonds. The maximum atomic E-state index is 12.8. The van der Waals surface area contributed by atoms with E-state index in [-0.39, 0.29) is 5.91 Å². The molecule has 0 radical (unpaired) electrons. The largest absolute Gasteiger partial charge is 0.347 e. The zero-order valence-corrected chi connectivity index (χ0v) is 18.2. The Bertz CT molecular complexity index is 1140. The zero-order valence-electron chi connectivity index (χ0n) is 16.6. The van der Waals surface area contributed by atoms with Gasteiger partial charge in [-0.05, 0) is 38.5 Å². The Labute approximate surface area is 178 Å². The molecular weight excluding hydrogens is 400 g/mol. The molecule has 1 N–H and O–H groups in total. The fraction of sp³-hybridized carbons (Fsp3) is 0.227. The van der Waals surface area contributed by atoms with Gasteiger partial charge in [-0.3, -0.25) is 9.48 Å². The van der Waals surface area contributed by atoms with Crippen molar-refractivity contribution in [2.24, 2.45) is 0 Å². The third kappa shape index (κ3) is 4.31. The number of carbonyl (C=O) groups excluding carboxylic acids is 1. The fourth-order valence-electron chi connectivity index (χ4n) is 3.28. The lowest BCUT2D eigenvalue weighted by molar-refractivity contribution is 0.0950. The molecule has 0 aliphatic heterocycles. The Morgan fingerprint density at radius 2 is 1.90 bits per heavy atom. The average Bonchev–Trinajstić information content (AvgIpc) is 3.41. The molecule has 1 aromatic carbocycles. The summed E-state index contributed by atoms with van der Waals surface area (Å²) in [6.07, 6.45) is 0. The molecule has 3 heterocycles. The van der Waals surface area contributed by atoms with E-state index in [9.17, 15) is 4.79 Å². The Balaban J connectivity index is 1.44. The summed E-state index contributed by atoms with van der Waals surface area (Å²) < 4.78 is 1.90. The third-order valence-corrected chi connectivity index (χ3v) is 6.62. The monoisotopic (exact) mass is 422 g/mol. The number of hydrogen-bond acceptors (Lipinski definition) is 5. The van der Waals surface area contributed by atoms with Crippen LogP contribution in [-0.4, -0.2) is 20.7 Å². The van der Waals surface area contributed by atoms with Crippen LogP contribution in [0.15, 0.2) is 47.8 Å². The summed E-state index contributed by atoms with van der Waals surface area (Å²) in [7, 11) is 0. The van der Waals surface area contributed by atoms with Crippen LogP contribution in [0.5, 0.6) is 0 Å². The number of carbonyl (C=O) groups is 1. The number of rotatable bonds is 6. The van der Waals surface area contributed by atoms with Crippen molar-refractivity contribution in [1.82, 2.24) is 20.1 Å². The number of thiophene rings is 1. The first-order valence-electron chi connectivity index (χ1n) is 9.38. The van der Waals surface area contributed by atoms with E-state index in [1.165, 1.54) is 0 Å². The second-order valence-electron chi connectivity index (χ2n) is 6.89. The molecule has 0 unspecified atom stereocenters. The molecule has 0 saturated heterocycles. The molecule has 0 atom stereocenters. The number of benzene rings is 1. The molecule has 29 heavy (non-hydrogen) atoms. The predicted octanol–water partition coefficient (Wildman–Crippen LogP) is 4.97. The van der Waals surface area contributed by atoms with Crippen molar-refractivity contribution in [3.63, 3.8) is 0 Å². The highest BCUT2D eigenvalue weighted by molar-refractivity contribution is 7.16. The number of nitrogens with one attached hydrogen (secondary N) is 1. The summed E-state index contributed by atoms with van der Waals surface area (Å²) in [5, 5.41) is 10.7. The molecule has 5 nitrogen and oxygen atoms in total. The molecular formula is C22H22N4OS2. The van der Waals surface area contributed by atoms with Gasteiger partial charge in [-0.25, -0.2) is 4.98 Å². The van der Waals surface area contributed by atoms with Gasteiger partial charge >= 0.3 is 0 Å². The zero-order chi connectivity index (χ0) is 20.4. The first-order valence-corrected chi connectivity index (χ1v) is 11.1. The molecule has 0 fully saturated rings. The number of thiazole rings is 1. The van der Waals surface area contributed by atoms with Gasteiger partial charge in [0.05, 0.1) is 39.9 Å². The van der Waals surface area contributed by atoms with E-state index in [2.05, 4.69) is 39.0 Å². The topological polar surface area (TPSA) is 59.8 Å². The summed E-state index contributed by atoms with van der Waals surface area (Å²) in [4.78, 5) is 19.6. The first-order chi connectivity index (χ1) is 14.0. The van der Waals surface area contributed by atoms with E-state index in [4.69, 9.17) is 0 Å². The Morgan fingerprint density at radius 3 is 2.62 bits per heavy atom. The van der Waals surface area contributed by atoms with Crippen LogP contribution in [0.25, 0.3) is 10.6 Å². The lowest BCUT2D eigenvalue weighted by Gasteiger charge is -2.06. The average molecular weight is 423 g/mol. The summed E-state index contributed by atoms with van der Waals surface area (Å²) in [6.45, 7) is 6.99. The lowest BCUT2D eigenvalue weighted by atomic mass is 10.1. The smallest absolute Gasteiger partial charge is 0.255 e. The predicted molar refractivity (Wildman–Crippen MR) is 119 cm³/mol. The number of aryl methyl sites for hydroxylation is 2. The number of amides is 1. The van der Waals surface area contributed by atoms with Crippen molar-refractivity contribution in [1.29, 1.82) is 0 Å². The van der Waals surface area contributed by atoms with Gasteiger partial charge in [0.2, 0.25) is 0 Å². The van der Waals surface area contributed by atoms with Crippen LogP contribution in [-0.2, 0) is 13.1 Å². The summed E-state index contributed by atoms with van der Waals surface area (Å²) in [5.74, 6) is -0.0845. The van der Waals surface area contributed by atoms with Gasteiger partial charge in [0, 0.05) is 16.0 Å². The minimum absolute atomic E-state index is 0.0845. The highest BCUT2D eigenvalue weighted by Crippen LogP contribution is 2.29. The van der Waals surface area contributed by atoms with E-state index >= 15 is 0 Å². The standard InChI is InChI=1S/C22H22N4OS2/c1-14-21(15(2)26(25-14)12-17-7-5-4-6-8-17)22(27)23-11-18-9-10-20(29-18)19-13-28-16(3)24-19/h4-10,13H,11-12H2,1-3H3,(H,23,27). The minimum atomic E-state index is -0.0845. The molecule has 0 spiro atoms. The Morgan fingerprint density at radius 1 is 1.10 bits per heavy atom. The van der Waals surface area contributed by atoms with E-state index in [0.717, 1.165) is 37.4 Å². The number of aromatic nitrogens is 3. The van der Waals surface area contributed by atoms with E-state index in [1.54, 1.807) is 22.7 Å². The van der Waals surface area contributed by atoms with Crippen LogP contribution < -0.4 is 5.32 Å². The van der Waals surface area contributed by atoms with Crippen molar-refractivity contribution in [2.75, 3.05) is 0 Å². The molecule has 7 heteroatoms. The van der Waals surface area contributed by atoms with Gasteiger partial charge in [0.1, 0.15) is 0 Å². The quantitative estimate of drug-likeness (QED) is 0.477. The second-order valence-corrected chi connectivity index (χ2v) is 9.12. The van der Waals surface area contributed by atoms with Gasteiger partial charge in [0.25, 0.3) is 5.91 Å². The fourth-order valence-corrected chi connectivity index (χ4v) is 4.87. The van der Waals surface area contributed by atoms with Gasteiger partial charge in [-0.1, -0.05) is 30.3 Å². The van der Waals surface area contributed by atoms with Crippen molar-refractivity contribution < 1.29 is 4.79 Å². The molecule has 0 aliphatic carbocycles. The minimum Gasteiger partial charge on any atom is -0.347 e. The SMILES string of the molecule is Cc1nc(-c2ccc(CNC(=O)c3c(C)nn(Cc4ccccc4)c3C)s2)cs1. The van der Waals surface area contributed by atoms with Gasteiger partial charge < -0.3 is 5.32 Å². The first kappa shape index (κ1) is 19.5. The van der Waals surface area contributed by atoms with Crippen LogP contribution in [0, 0.1) is 20.8 Å². The molecule has 0 saturated carbocycles. The highest BCUT2D eigenvalue weighted by atomic mass is 32.1. The highest BCUT2D eigenvalue weighted by Gasteiger charge is 2.19. The second kappa shape index (κ2) is 8.31. The summed E-state index contributed by atoms with van der Waals surface area (Å²) in [6, 6.07) is 14.3. The van der Waals surface area contributed by atoms with Gasteiger partial charge in [0.15, 0.2) is 0 Å². The molecule has 0 aliphatic rings. The molecule has 148 valence electrons. The third-order valence-electron chi connectivity index (χ3n) is 4.74. The van der Waals surface area contributed by atoms with E-state index in [1.807, 2.05) is 49.7 Å².